The predicted molar refractivity (Wildman–Crippen MR) is 84.5 cm³/mol. The van der Waals surface area contributed by atoms with Gasteiger partial charge in [-0.1, -0.05) is 32.9 Å². The molecule has 4 heteroatoms. The number of hydrogen-bond donors (Lipinski definition) is 1. The lowest BCUT2D eigenvalue weighted by molar-refractivity contribution is 0.457. The molecule has 0 unspecified atom stereocenters. The minimum atomic E-state index is 0.524. The lowest BCUT2D eigenvalue weighted by Gasteiger charge is -2.08. The third-order valence-corrected chi connectivity index (χ3v) is 3.07. The van der Waals surface area contributed by atoms with Crippen molar-refractivity contribution in [3.05, 3.63) is 47.9 Å². The first kappa shape index (κ1) is 15.4. The van der Waals surface area contributed by atoms with E-state index in [1.54, 1.807) is 12.4 Å². The van der Waals surface area contributed by atoms with Gasteiger partial charge in [0.1, 0.15) is 5.75 Å². The first-order valence-electron chi connectivity index (χ1n) is 7.45. The molecular weight excluding hydrogens is 262 g/mol. The molecule has 0 fully saturated rings. The number of rotatable bonds is 7. The third-order valence-electron chi connectivity index (χ3n) is 3.07. The van der Waals surface area contributed by atoms with Crippen molar-refractivity contribution in [2.24, 2.45) is 5.92 Å². The predicted octanol–water partition coefficient (Wildman–Crippen LogP) is 3.58. The molecule has 1 N–H and O–H groups in total. The van der Waals surface area contributed by atoms with Gasteiger partial charge >= 0.3 is 0 Å². The molecule has 0 atom stereocenters. The van der Waals surface area contributed by atoms with Crippen molar-refractivity contribution in [2.45, 2.75) is 33.7 Å². The zero-order valence-electron chi connectivity index (χ0n) is 13.0. The summed E-state index contributed by atoms with van der Waals surface area (Å²) in [4.78, 5) is 8.67. The van der Waals surface area contributed by atoms with Gasteiger partial charge in [0.2, 0.25) is 5.88 Å². The fourth-order valence-electron chi connectivity index (χ4n) is 1.93. The van der Waals surface area contributed by atoms with Gasteiger partial charge in [-0.15, -0.1) is 0 Å². The summed E-state index contributed by atoms with van der Waals surface area (Å²) in [5, 5.41) is 3.34. The number of aryl methyl sites for hydroxylation is 1. The average molecular weight is 285 g/mol. The van der Waals surface area contributed by atoms with E-state index in [9.17, 15) is 0 Å². The van der Waals surface area contributed by atoms with E-state index in [2.05, 4.69) is 42.1 Å². The Balaban J connectivity index is 1.92. The maximum absolute atomic E-state index is 5.72. The van der Waals surface area contributed by atoms with E-state index in [0.29, 0.717) is 11.8 Å². The summed E-state index contributed by atoms with van der Waals surface area (Å²) in [5.74, 6) is 1.96. The highest BCUT2D eigenvalue weighted by atomic mass is 16.5. The maximum atomic E-state index is 5.72. The zero-order valence-corrected chi connectivity index (χ0v) is 13.0. The summed E-state index contributed by atoms with van der Waals surface area (Å²) in [7, 11) is 0. The molecule has 1 heterocycles. The Morgan fingerprint density at radius 3 is 2.71 bits per heavy atom. The van der Waals surface area contributed by atoms with Crippen LogP contribution in [-0.4, -0.2) is 16.5 Å². The van der Waals surface area contributed by atoms with E-state index < -0.39 is 0 Å². The quantitative estimate of drug-likeness (QED) is 0.844. The summed E-state index contributed by atoms with van der Waals surface area (Å²) in [6.07, 6.45) is 4.42. The molecule has 2 rings (SSSR count). The van der Waals surface area contributed by atoms with E-state index in [-0.39, 0.29) is 0 Å². The first-order valence-corrected chi connectivity index (χ1v) is 7.45. The molecule has 0 amide bonds. The Morgan fingerprint density at radius 1 is 1.19 bits per heavy atom. The van der Waals surface area contributed by atoms with Gasteiger partial charge in [-0.2, -0.15) is 0 Å². The van der Waals surface area contributed by atoms with Crippen LogP contribution >= 0.6 is 0 Å². The van der Waals surface area contributed by atoms with Crippen molar-refractivity contribution in [3.63, 3.8) is 0 Å². The second kappa shape index (κ2) is 7.74. The molecular formula is C17H23N3O. The fourth-order valence-corrected chi connectivity index (χ4v) is 1.93. The van der Waals surface area contributed by atoms with Crippen LogP contribution in [0.1, 0.15) is 32.0 Å². The second-order valence-electron chi connectivity index (χ2n) is 5.47. The summed E-state index contributed by atoms with van der Waals surface area (Å²) >= 11 is 0. The Morgan fingerprint density at radius 2 is 2.05 bits per heavy atom. The van der Waals surface area contributed by atoms with Crippen LogP contribution in [0.3, 0.4) is 0 Å². The van der Waals surface area contributed by atoms with Crippen LogP contribution in [0, 0.1) is 5.92 Å². The Hall–Kier alpha value is -1.94. The van der Waals surface area contributed by atoms with Gasteiger partial charge in [-0.3, -0.25) is 4.98 Å². The molecule has 1 aromatic carbocycles. The minimum absolute atomic E-state index is 0.524. The summed E-state index contributed by atoms with van der Waals surface area (Å²) in [6.45, 7) is 8.19. The SMILES string of the molecule is CCc1cccc(Oc2cnc(CNCC(C)C)cn2)c1. The van der Waals surface area contributed by atoms with Crippen molar-refractivity contribution >= 4 is 0 Å². The van der Waals surface area contributed by atoms with Crippen LogP contribution in [0.2, 0.25) is 0 Å². The van der Waals surface area contributed by atoms with Crippen molar-refractivity contribution in [3.8, 4) is 11.6 Å². The van der Waals surface area contributed by atoms with Crippen LogP contribution in [-0.2, 0) is 13.0 Å². The van der Waals surface area contributed by atoms with Gasteiger partial charge in [-0.25, -0.2) is 4.98 Å². The lowest BCUT2D eigenvalue weighted by atomic mass is 10.2. The van der Waals surface area contributed by atoms with Crippen LogP contribution in [0.5, 0.6) is 11.6 Å². The second-order valence-corrected chi connectivity index (χ2v) is 5.47. The highest BCUT2D eigenvalue weighted by Gasteiger charge is 2.02. The largest absolute Gasteiger partial charge is 0.437 e. The van der Waals surface area contributed by atoms with Gasteiger partial charge in [-0.05, 0) is 36.6 Å². The Bertz CT molecular complexity index is 552. The van der Waals surface area contributed by atoms with Gasteiger partial charge < -0.3 is 10.1 Å². The van der Waals surface area contributed by atoms with Gasteiger partial charge in [0.15, 0.2) is 0 Å². The molecule has 0 aliphatic carbocycles. The Kier molecular flexibility index (Phi) is 5.69. The van der Waals surface area contributed by atoms with Gasteiger partial charge in [0.25, 0.3) is 0 Å². The topological polar surface area (TPSA) is 47.0 Å². The molecule has 2 aromatic rings. The van der Waals surface area contributed by atoms with E-state index >= 15 is 0 Å². The monoisotopic (exact) mass is 285 g/mol. The molecule has 1 aromatic heterocycles. The van der Waals surface area contributed by atoms with Gasteiger partial charge in [0.05, 0.1) is 18.1 Å². The molecule has 0 aliphatic heterocycles. The van der Waals surface area contributed by atoms with Crippen molar-refractivity contribution in [1.29, 1.82) is 0 Å². The van der Waals surface area contributed by atoms with Crippen LogP contribution in [0.15, 0.2) is 36.7 Å². The molecule has 0 saturated heterocycles. The zero-order chi connectivity index (χ0) is 15.1. The molecule has 0 saturated carbocycles. The number of hydrogen-bond acceptors (Lipinski definition) is 4. The van der Waals surface area contributed by atoms with Crippen molar-refractivity contribution in [1.82, 2.24) is 15.3 Å². The third kappa shape index (κ3) is 5.16. The number of nitrogens with one attached hydrogen (secondary N) is 1. The first-order chi connectivity index (χ1) is 10.2. The molecule has 0 radical (unpaired) electrons. The van der Waals surface area contributed by atoms with Crippen LogP contribution in [0.25, 0.3) is 0 Å². The summed E-state index contributed by atoms with van der Waals surface area (Å²) in [5.41, 5.74) is 2.17. The minimum Gasteiger partial charge on any atom is -0.437 e. The van der Waals surface area contributed by atoms with Crippen LogP contribution in [0.4, 0.5) is 0 Å². The number of aromatic nitrogens is 2. The average Bonchev–Trinajstić information content (AvgIpc) is 2.49. The molecule has 0 bridgehead atoms. The fraction of sp³-hybridized carbons (Fsp3) is 0.412. The molecule has 112 valence electrons. The smallest absolute Gasteiger partial charge is 0.237 e. The molecule has 0 spiro atoms. The van der Waals surface area contributed by atoms with Gasteiger partial charge in [0, 0.05) is 6.54 Å². The van der Waals surface area contributed by atoms with Crippen molar-refractivity contribution < 1.29 is 4.74 Å². The maximum Gasteiger partial charge on any atom is 0.237 e. The molecule has 21 heavy (non-hydrogen) atoms. The Labute approximate surface area is 126 Å². The number of benzene rings is 1. The number of ether oxygens (including phenoxy) is 1. The van der Waals surface area contributed by atoms with E-state index in [0.717, 1.165) is 31.0 Å². The normalized spacial score (nSPS) is 10.9. The van der Waals surface area contributed by atoms with Crippen molar-refractivity contribution in [2.75, 3.05) is 6.54 Å². The summed E-state index contributed by atoms with van der Waals surface area (Å²) < 4.78 is 5.72. The highest BCUT2D eigenvalue weighted by Crippen LogP contribution is 2.20. The number of nitrogens with zero attached hydrogens (tertiary/aromatic N) is 2. The lowest BCUT2D eigenvalue weighted by Crippen LogP contribution is -2.19. The summed E-state index contributed by atoms with van der Waals surface area (Å²) in [6, 6.07) is 8.03. The standard InChI is InChI=1S/C17H23N3O/c1-4-14-6-5-7-16(8-14)21-17-12-19-15(11-20-17)10-18-9-13(2)3/h5-8,11-13,18H,4,9-10H2,1-3H3. The van der Waals surface area contributed by atoms with E-state index in [1.807, 2.05) is 18.2 Å². The molecule has 0 aliphatic rings. The van der Waals surface area contributed by atoms with Crippen LogP contribution < -0.4 is 10.1 Å². The van der Waals surface area contributed by atoms with E-state index in [1.165, 1.54) is 5.56 Å². The van der Waals surface area contributed by atoms with E-state index in [4.69, 9.17) is 4.74 Å². The molecule has 4 nitrogen and oxygen atoms in total. The highest BCUT2D eigenvalue weighted by molar-refractivity contribution is 5.31.